The molecule has 1 unspecified atom stereocenters. The van der Waals surface area contributed by atoms with Crippen LogP contribution in [0.3, 0.4) is 0 Å². The van der Waals surface area contributed by atoms with Crippen molar-refractivity contribution in [3.05, 3.63) is 33.8 Å². The molecule has 2 rings (SSSR count). The molecule has 1 heterocycles. The Balaban J connectivity index is 1.78. The van der Waals surface area contributed by atoms with Crippen molar-refractivity contribution in [1.82, 2.24) is 10.2 Å². The van der Waals surface area contributed by atoms with Crippen LogP contribution in [0.1, 0.15) is 25.3 Å². The van der Waals surface area contributed by atoms with E-state index < -0.39 is 0 Å². The zero-order valence-electron chi connectivity index (χ0n) is 11.7. The number of halogens is 2. The van der Waals surface area contributed by atoms with Crippen LogP contribution < -0.4 is 5.32 Å². The van der Waals surface area contributed by atoms with E-state index >= 15 is 0 Å². The van der Waals surface area contributed by atoms with Gasteiger partial charge in [-0.25, -0.2) is 0 Å². The summed E-state index contributed by atoms with van der Waals surface area (Å²) in [6.07, 6.45) is 3.03. The summed E-state index contributed by atoms with van der Waals surface area (Å²) in [5, 5.41) is 4.59. The average Bonchev–Trinajstić information content (AvgIpc) is 2.94. The normalized spacial score (nSPS) is 16.4. The zero-order chi connectivity index (χ0) is 14.5. The number of rotatable bonds is 5. The first-order valence-corrected chi connectivity index (χ1v) is 7.79. The molecule has 1 fully saturated rings. The Kier molecular flexibility index (Phi) is 5.70. The van der Waals surface area contributed by atoms with Crippen LogP contribution in [0.25, 0.3) is 0 Å². The van der Waals surface area contributed by atoms with E-state index in [2.05, 4.69) is 5.32 Å². The van der Waals surface area contributed by atoms with Gasteiger partial charge in [0.1, 0.15) is 0 Å². The highest BCUT2D eigenvalue weighted by molar-refractivity contribution is 6.35. The Morgan fingerprint density at radius 1 is 1.35 bits per heavy atom. The Bertz CT molecular complexity index is 473. The topological polar surface area (TPSA) is 32.3 Å². The average molecular weight is 315 g/mol. The van der Waals surface area contributed by atoms with Gasteiger partial charge in [0.2, 0.25) is 5.91 Å². The minimum Gasteiger partial charge on any atom is -0.341 e. The van der Waals surface area contributed by atoms with Crippen molar-refractivity contribution in [1.29, 1.82) is 0 Å². The van der Waals surface area contributed by atoms with E-state index in [4.69, 9.17) is 23.2 Å². The highest BCUT2D eigenvalue weighted by Gasteiger charge is 2.22. The highest BCUT2D eigenvalue weighted by Crippen LogP contribution is 2.21. The van der Waals surface area contributed by atoms with E-state index in [1.807, 2.05) is 24.0 Å². The Morgan fingerprint density at radius 2 is 2.05 bits per heavy atom. The molecule has 0 radical (unpaired) electrons. The third-order valence-corrected chi connectivity index (χ3v) is 4.24. The quantitative estimate of drug-likeness (QED) is 0.905. The fourth-order valence-corrected chi connectivity index (χ4v) is 2.95. The summed E-state index contributed by atoms with van der Waals surface area (Å²) in [6, 6.07) is 5.37. The largest absolute Gasteiger partial charge is 0.341 e. The molecule has 1 amide bonds. The van der Waals surface area contributed by atoms with E-state index in [-0.39, 0.29) is 11.9 Å². The molecule has 0 saturated carbocycles. The Morgan fingerprint density at radius 3 is 2.70 bits per heavy atom. The lowest BCUT2D eigenvalue weighted by Crippen LogP contribution is -2.44. The standard InChI is InChI=1S/C15H20Cl2N2O/c1-11(15(20)19-8-2-3-9-19)18-7-6-12-4-5-13(16)10-14(12)17/h4-5,10-11,18H,2-3,6-9H2,1H3. The van der Waals surface area contributed by atoms with Gasteiger partial charge in [-0.15, -0.1) is 0 Å². The third-order valence-electron chi connectivity index (χ3n) is 3.65. The summed E-state index contributed by atoms with van der Waals surface area (Å²) < 4.78 is 0. The van der Waals surface area contributed by atoms with E-state index in [1.54, 1.807) is 6.07 Å². The summed E-state index contributed by atoms with van der Waals surface area (Å²) in [5.41, 5.74) is 1.05. The molecule has 1 aromatic carbocycles. The second-order valence-electron chi connectivity index (χ2n) is 5.19. The van der Waals surface area contributed by atoms with Gasteiger partial charge < -0.3 is 10.2 Å². The van der Waals surface area contributed by atoms with E-state index in [0.717, 1.165) is 44.5 Å². The lowest BCUT2D eigenvalue weighted by molar-refractivity contribution is -0.131. The predicted octanol–water partition coefficient (Wildman–Crippen LogP) is 3.14. The van der Waals surface area contributed by atoms with Gasteiger partial charge >= 0.3 is 0 Å². The van der Waals surface area contributed by atoms with Crippen LogP contribution in [0.15, 0.2) is 18.2 Å². The van der Waals surface area contributed by atoms with Gasteiger partial charge in [-0.2, -0.15) is 0 Å². The molecule has 0 aromatic heterocycles. The van der Waals surface area contributed by atoms with Crippen molar-refractivity contribution in [2.24, 2.45) is 0 Å². The van der Waals surface area contributed by atoms with Gasteiger partial charge in [0.25, 0.3) is 0 Å². The molecule has 1 N–H and O–H groups in total. The van der Waals surface area contributed by atoms with Gasteiger partial charge in [-0.1, -0.05) is 29.3 Å². The molecular formula is C15H20Cl2N2O. The van der Waals surface area contributed by atoms with Crippen LogP contribution in [0, 0.1) is 0 Å². The molecule has 1 aliphatic heterocycles. The number of hydrogen-bond acceptors (Lipinski definition) is 2. The first kappa shape index (κ1) is 15.6. The van der Waals surface area contributed by atoms with Gasteiger partial charge in [0.15, 0.2) is 0 Å². The first-order chi connectivity index (χ1) is 9.58. The Labute approximate surface area is 130 Å². The van der Waals surface area contributed by atoms with Crippen LogP contribution in [-0.4, -0.2) is 36.5 Å². The van der Waals surface area contributed by atoms with E-state index in [0.29, 0.717) is 10.0 Å². The number of carbonyl (C=O) groups excluding carboxylic acids is 1. The lowest BCUT2D eigenvalue weighted by atomic mass is 10.1. The second-order valence-corrected chi connectivity index (χ2v) is 6.04. The number of amides is 1. The molecule has 1 aliphatic rings. The van der Waals surface area contributed by atoms with Gasteiger partial charge in [0, 0.05) is 23.1 Å². The van der Waals surface area contributed by atoms with Crippen LogP contribution in [0.5, 0.6) is 0 Å². The summed E-state index contributed by atoms with van der Waals surface area (Å²) >= 11 is 12.0. The number of carbonyl (C=O) groups is 1. The molecule has 110 valence electrons. The SMILES string of the molecule is CC(NCCc1ccc(Cl)cc1Cl)C(=O)N1CCCC1. The summed E-state index contributed by atoms with van der Waals surface area (Å²) in [5.74, 6) is 0.199. The zero-order valence-corrected chi connectivity index (χ0v) is 13.2. The van der Waals surface area contributed by atoms with Crippen molar-refractivity contribution < 1.29 is 4.79 Å². The van der Waals surface area contributed by atoms with Crippen LogP contribution in [0.4, 0.5) is 0 Å². The molecule has 3 nitrogen and oxygen atoms in total. The second kappa shape index (κ2) is 7.30. The van der Waals surface area contributed by atoms with Crippen molar-refractivity contribution >= 4 is 29.1 Å². The molecule has 1 atom stereocenters. The molecule has 5 heteroatoms. The van der Waals surface area contributed by atoms with E-state index in [9.17, 15) is 4.79 Å². The molecule has 1 saturated heterocycles. The fourth-order valence-electron chi connectivity index (χ4n) is 2.45. The number of nitrogens with zero attached hydrogens (tertiary/aromatic N) is 1. The predicted molar refractivity (Wildman–Crippen MR) is 83.4 cm³/mol. The molecule has 20 heavy (non-hydrogen) atoms. The number of likely N-dealkylation sites (tertiary alicyclic amines) is 1. The highest BCUT2D eigenvalue weighted by atomic mass is 35.5. The number of hydrogen-bond donors (Lipinski definition) is 1. The van der Waals surface area contributed by atoms with Crippen molar-refractivity contribution in [2.45, 2.75) is 32.2 Å². The minimum absolute atomic E-state index is 0.140. The summed E-state index contributed by atoms with van der Waals surface area (Å²) in [7, 11) is 0. The van der Waals surface area contributed by atoms with Crippen LogP contribution in [0.2, 0.25) is 10.0 Å². The van der Waals surface area contributed by atoms with Crippen molar-refractivity contribution in [3.63, 3.8) is 0 Å². The Hall–Kier alpha value is -0.770. The maximum Gasteiger partial charge on any atom is 0.239 e. The van der Waals surface area contributed by atoms with Crippen molar-refractivity contribution in [2.75, 3.05) is 19.6 Å². The number of benzene rings is 1. The monoisotopic (exact) mass is 314 g/mol. The lowest BCUT2D eigenvalue weighted by Gasteiger charge is -2.21. The first-order valence-electron chi connectivity index (χ1n) is 7.04. The van der Waals surface area contributed by atoms with E-state index in [1.165, 1.54) is 0 Å². The fraction of sp³-hybridized carbons (Fsp3) is 0.533. The third kappa shape index (κ3) is 4.11. The van der Waals surface area contributed by atoms with Gasteiger partial charge in [0.05, 0.1) is 6.04 Å². The van der Waals surface area contributed by atoms with Crippen molar-refractivity contribution in [3.8, 4) is 0 Å². The van der Waals surface area contributed by atoms with Crippen LogP contribution >= 0.6 is 23.2 Å². The molecule has 1 aromatic rings. The molecule has 0 spiro atoms. The minimum atomic E-state index is -0.140. The van der Waals surface area contributed by atoms with Crippen LogP contribution in [-0.2, 0) is 11.2 Å². The molecule has 0 bridgehead atoms. The smallest absolute Gasteiger partial charge is 0.239 e. The number of nitrogens with one attached hydrogen (secondary N) is 1. The summed E-state index contributed by atoms with van der Waals surface area (Å²) in [6.45, 7) is 4.44. The molecule has 0 aliphatic carbocycles. The van der Waals surface area contributed by atoms with Gasteiger partial charge in [-0.05, 0) is 50.4 Å². The maximum atomic E-state index is 12.1. The molecular weight excluding hydrogens is 295 g/mol. The summed E-state index contributed by atoms with van der Waals surface area (Å²) in [4.78, 5) is 14.1. The van der Waals surface area contributed by atoms with Gasteiger partial charge in [-0.3, -0.25) is 4.79 Å². The maximum absolute atomic E-state index is 12.1.